The number of rotatable bonds is 3. The monoisotopic (exact) mass is 316 g/mol. The molecule has 1 heterocycles. The molecule has 0 aliphatic heterocycles. The maximum atomic E-state index is 11.9. The second-order valence-corrected chi connectivity index (χ2v) is 5.95. The number of nitrogens with zero attached hydrogens (tertiary/aromatic N) is 1. The molecule has 1 N–H and O–H groups in total. The van der Waals surface area contributed by atoms with Crippen molar-refractivity contribution in [3.8, 4) is 0 Å². The third-order valence-electron chi connectivity index (χ3n) is 1.95. The van der Waals surface area contributed by atoms with Gasteiger partial charge in [0.05, 0.1) is 10.6 Å². The Kier molecular flexibility index (Phi) is 3.21. The predicted molar refractivity (Wildman–Crippen MR) is 66.2 cm³/mol. The first-order valence-electron chi connectivity index (χ1n) is 4.68. The van der Waals surface area contributed by atoms with E-state index in [1.807, 2.05) is 0 Å². The lowest BCUT2D eigenvalue weighted by Gasteiger charge is -2.04. The summed E-state index contributed by atoms with van der Waals surface area (Å²) in [5.41, 5.74) is 0.608. The summed E-state index contributed by atoms with van der Waals surface area (Å²) < 4.78 is 31.7. The molecule has 0 spiro atoms. The van der Waals surface area contributed by atoms with E-state index in [1.165, 1.54) is 18.4 Å². The van der Waals surface area contributed by atoms with Gasteiger partial charge in [-0.2, -0.15) is 4.98 Å². The molecule has 0 fully saturated rings. The van der Waals surface area contributed by atoms with Crippen LogP contribution in [0.5, 0.6) is 0 Å². The molecular weight excluding hydrogens is 308 g/mol. The average molecular weight is 317 g/mol. The van der Waals surface area contributed by atoms with E-state index < -0.39 is 10.0 Å². The molecule has 0 saturated heterocycles. The van der Waals surface area contributed by atoms with Crippen molar-refractivity contribution in [1.82, 2.24) is 4.98 Å². The molecule has 0 bridgehead atoms. The molecule has 2 aromatic rings. The van der Waals surface area contributed by atoms with Crippen LogP contribution in [0.25, 0.3) is 0 Å². The lowest BCUT2D eigenvalue weighted by Crippen LogP contribution is -2.13. The van der Waals surface area contributed by atoms with Crippen molar-refractivity contribution >= 4 is 32.0 Å². The van der Waals surface area contributed by atoms with Gasteiger partial charge in [-0.05, 0) is 25.1 Å². The van der Waals surface area contributed by atoms with Crippen molar-refractivity contribution in [2.75, 3.05) is 4.72 Å². The smallest absolute Gasteiger partial charge is 0.309 e. The van der Waals surface area contributed by atoms with Gasteiger partial charge in [0.1, 0.15) is 6.26 Å². The first kappa shape index (κ1) is 12.1. The van der Waals surface area contributed by atoms with Gasteiger partial charge in [-0.25, -0.2) is 13.1 Å². The highest BCUT2D eigenvalue weighted by atomic mass is 79.9. The van der Waals surface area contributed by atoms with Crippen molar-refractivity contribution < 1.29 is 12.8 Å². The summed E-state index contributed by atoms with van der Waals surface area (Å²) in [4.78, 5) is 4.02. The number of aromatic nitrogens is 1. The van der Waals surface area contributed by atoms with Gasteiger partial charge in [0, 0.05) is 4.47 Å². The van der Waals surface area contributed by atoms with E-state index in [4.69, 9.17) is 4.42 Å². The number of oxazole rings is 1. The zero-order valence-electron chi connectivity index (χ0n) is 8.84. The Hall–Kier alpha value is -1.34. The summed E-state index contributed by atoms with van der Waals surface area (Å²) in [5, 5.41) is 0. The molecule has 0 amide bonds. The van der Waals surface area contributed by atoms with Gasteiger partial charge >= 0.3 is 6.01 Å². The van der Waals surface area contributed by atoms with Crippen LogP contribution in [0, 0.1) is 6.92 Å². The molecule has 90 valence electrons. The number of hydrogen-bond acceptors (Lipinski definition) is 4. The SMILES string of the molecule is Cc1coc(NS(=O)(=O)c2cccc(Br)c2)n1. The number of halogens is 1. The maximum absolute atomic E-state index is 11.9. The quantitative estimate of drug-likeness (QED) is 0.944. The topological polar surface area (TPSA) is 72.2 Å². The van der Waals surface area contributed by atoms with Crippen LogP contribution < -0.4 is 4.72 Å². The summed E-state index contributed by atoms with van der Waals surface area (Å²) in [6, 6.07) is 6.33. The number of anilines is 1. The molecule has 0 radical (unpaired) electrons. The van der Waals surface area contributed by atoms with E-state index in [9.17, 15) is 8.42 Å². The minimum absolute atomic E-state index is 0.0394. The molecule has 5 nitrogen and oxygen atoms in total. The minimum atomic E-state index is -3.66. The lowest BCUT2D eigenvalue weighted by atomic mass is 10.4. The fourth-order valence-electron chi connectivity index (χ4n) is 1.21. The molecule has 0 unspecified atom stereocenters. The van der Waals surface area contributed by atoms with E-state index >= 15 is 0 Å². The van der Waals surface area contributed by atoms with E-state index in [1.54, 1.807) is 19.1 Å². The highest BCUT2D eigenvalue weighted by molar-refractivity contribution is 9.10. The van der Waals surface area contributed by atoms with Crippen LogP contribution in [-0.2, 0) is 10.0 Å². The van der Waals surface area contributed by atoms with Gasteiger partial charge in [-0.3, -0.25) is 0 Å². The normalized spacial score (nSPS) is 11.4. The van der Waals surface area contributed by atoms with E-state index in [0.717, 1.165) is 0 Å². The van der Waals surface area contributed by atoms with Crippen LogP contribution in [0.1, 0.15) is 5.69 Å². The molecule has 17 heavy (non-hydrogen) atoms. The Morgan fingerprint density at radius 1 is 1.41 bits per heavy atom. The van der Waals surface area contributed by atoms with Crippen molar-refractivity contribution in [1.29, 1.82) is 0 Å². The molecule has 0 aliphatic carbocycles. The summed E-state index contributed by atoms with van der Waals surface area (Å²) in [6.45, 7) is 1.71. The average Bonchev–Trinajstić information content (AvgIpc) is 2.63. The zero-order chi connectivity index (χ0) is 12.5. The van der Waals surface area contributed by atoms with Gasteiger partial charge in [-0.1, -0.05) is 22.0 Å². The first-order chi connectivity index (χ1) is 7.97. The number of aryl methyl sites for hydroxylation is 1. The minimum Gasteiger partial charge on any atom is -0.431 e. The third-order valence-corrected chi connectivity index (χ3v) is 3.76. The number of sulfonamides is 1. The van der Waals surface area contributed by atoms with Gasteiger partial charge in [0.25, 0.3) is 10.0 Å². The summed E-state index contributed by atoms with van der Waals surface area (Å²) in [6.07, 6.45) is 1.37. The fourth-order valence-corrected chi connectivity index (χ4v) is 2.74. The van der Waals surface area contributed by atoms with E-state index in [0.29, 0.717) is 10.2 Å². The van der Waals surface area contributed by atoms with E-state index in [-0.39, 0.29) is 10.9 Å². The molecule has 0 saturated carbocycles. The Morgan fingerprint density at radius 2 is 2.18 bits per heavy atom. The van der Waals surface area contributed by atoms with Crippen LogP contribution in [0.3, 0.4) is 0 Å². The predicted octanol–water partition coefficient (Wildman–Crippen LogP) is 2.55. The Labute approximate surface area is 107 Å². The van der Waals surface area contributed by atoms with Gasteiger partial charge in [0.15, 0.2) is 0 Å². The zero-order valence-corrected chi connectivity index (χ0v) is 11.2. The summed E-state index contributed by atoms with van der Waals surface area (Å²) >= 11 is 3.21. The Balaban J connectivity index is 2.31. The lowest BCUT2D eigenvalue weighted by molar-refractivity contribution is 0.569. The van der Waals surface area contributed by atoms with Gasteiger partial charge < -0.3 is 4.42 Å². The van der Waals surface area contributed by atoms with Crippen molar-refractivity contribution in [3.05, 3.63) is 40.7 Å². The van der Waals surface area contributed by atoms with Crippen molar-refractivity contribution in [2.24, 2.45) is 0 Å². The molecule has 2 rings (SSSR count). The molecular formula is C10H9BrN2O3S. The third kappa shape index (κ3) is 2.86. The number of nitrogens with one attached hydrogen (secondary N) is 1. The number of benzene rings is 1. The molecule has 1 aromatic carbocycles. The Bertz CT molecular complexity index is 637. The molecule has 0 aliphatic rings. The van der Waals surface area contributed by atoms with Gasteiger partial charge in [-0.15, -0.1) is 0 Å². The second kappa shape index (κ2) is 4.50. The van der Waals surface area contributed by atoms with Crippen molar-refractivity contribution in [3.63, 3.8) is 0 Å². The van der Waals surface area contributed by atoms with Crippen LogP contribution in [0.4, 0.5) is 6.01 Å². The molecule has 7 heteroatoms. The van der Waals surface area contributed by atoms with Crippen LogP contribution in [0.2, 0.25) is 0 Å². The molecule has 0 atom stereocenters. The van der Waals surface area contributed by atoms with Crippen LogP contribution >= 0.6 is 15.9 Å². The number of hydrogen-bond donors (Lipinski definition) is 1. The summed E-state index contributed by atoms with van der Waals surface area (Å²) in [7, 11) is -3.66. The standard InChI is InChI=1S/C10H9BrN2O3S/c1-7-6-16-10(12-7)13-17(14,15)9-4-2-3-8(11)5-9/h2-6H,1H3,(H,12,13). The Morgan fingerprint density at radius 3 is 2.76 bits per heavy atom. The second-order valence-electron chi connectivity index (χ2n) is 3.36. The highest BCUT2D eigenvalue weighted by Crippen LogP contribution is 2.19. The van der Waals surface area contributed by atoms with Crippen LogP contribution in [0.15, 0.2) is 44.3 Å². The first-order valence-corrected chi connectivity index (χ1v) is 6.95. The summed E-state index contributed by atoms with van der Waals surface area (Å²) in [5.74, 6) is 0. The van der Waals surface area contributed by atoms with E-state index in [2.05, 4.69) is 25.6 Å². The highest BCUT2D eigenvalue weighted by Gasteiger charge is 2.16. The molecule has 1 aromatic heterocycles. The van der Waals surface area contributed by atoms with Crippen molar-refractivity contribution in [2.45, 2.75) is 11.8 Å². The van der Waals surface area contributed by atoms with Crippen LogP contribution in [-0.4, -0.2) is 13.4 Å². The fraction of sp³-hybridized carbons (Fsp3) is 0.100. The largest absolute Gasteiger partial charge is 0.431 e. The van der Waals surface area contributed by atoms with Gasteiger partial charge in [0.2, 0.25) is 0 Å². The maximum Gasteiger partial charge on any atom is 0.309 e.